The van der Waals surface area contributed by atoms with Gasteiger partial charge in [-0.25, -0.2) is 0 Å². The summed E-state index contributed by atoms with van der Waals surface area (Å²) in [6, 6.07) is 0. The van der Waals surface area contributed by atoms with E-state index >= 15 is 0 Å². The Morgan fingerprint density at radius 2 is 1.40 bits per heavy atom. The Hall–Kier alpha value is -0.0500. The number of unbranched alkanes of at least 4 members (excludes halogenated alkanes) is 7. The fourth-order valence-corrected chi connectivity index (χ4v) is 5.24. The van der Waals surface area contributed by atoms with Crippen LogP contribution in [0.3, 0.4) is 0 Å². The molecule has 1 aliphatic rings. The highest BCUT2D eigenvalue weighted by Gasteiger charge is 2.46. The van der Waals surface area contributed by atoms with Crippen LogP contribution in [0.1, 0.15) is 78.1 Å². The minimum Gasteiger partial charge on any atom is -0.396 e. The molecule has 10 unspecified atom stereocenters. The maximum absolute atomic E-state index is 10.6. The Labute approximate surface area is 213 Å². The summed E-state index contributed by atoms with van der Waals surface area (Å²) in [5.41, 5.74) is -1.31. The molecule has 210 valence electrons. The van der Waals surface area contributed by atoms with E-state index in [4.69, 9.17) is 9.47 Å². The Morgan fingerprint density at radius 1 is 0.800 bits per heavy atom. The second-order valence-corrected chi connectivity index (χ2v) is 11.0. The zero-order valence-corrected chi connectivity index (χ0v) is 21.9. The van der Waals surface area contributed by atoms with Gasteiger partial charge in [0.2, 0.25) is 0 Å². The molecule has 11 heteroatoms. The maximum atomic E-state index is 10.6. The van der Waals surface area contributed by atoms with Gasteiger partial charge in [-0.2, -0.15) is 0 Å². The van der Waals surface area contributed by atoms with Crippen LogP contribution in [0.25, 0.3) is 0 Å². The van der Waals surface area contributed by atoms with Gasteiger partial charge in [-0.05, 0) is 12.8 Å². The molecule has 0 saturated carbocycles. The van der Waals surface area contributed by atoms with Crippen LogP contribution in [-0.4, -0.2) is 114 Å². The number of ether oxygens (including phenoxy) is 2. The molecule has 10 atom stereocenters. The minimum absolute atomic E-state index is 0.0506. The first-order valence-electron chi connectivity index (χ1n) is 12.9. The second-order valence-electron chi connectivity index (χ2n) is 9.47. The van der Waals surface area contributed by atoms with Crippen LogP contribution in [0, 0.1) is 0 Å². The monoisotopic (exact) mass is 528 g/mol. The summed E-state index contributed by atoms with van der Waals surface area (Å²) in [6.07, 6.45) is -1.83. The fraction of sp³-hybridized carbons (Fsp3) is 1.00. The summed E-state index contributed by atoms with van der Waals surface area (Å²) in [5, 5.41) is 80.3. The molecule has 0 spiro atoms. The van der Waals surface area contributed by atoms with Gasteiger partial charge in [0.15, 0.2) is 6.29 Å². The van der Waals surface area contributed by atoms with Crippen molar-refractivity contribution in [2.24, 2.45) is 0 Å². The van der Waals surface area contributed by atoms with Gasteiger partial charge < -0.3 is 50.3 Å². The number of hydrogen-bond acceptors (Lipinski definition) is 11. The topological polar surface area (TPSA) is 180 Å². The highest BCUT2D eigenvalue weighted by molar-refractivity contribution is 8.00. The molecular formula is C24H48O10S. The van der Waals surface area contributed by atoms with Gasteiger partial charge >= 0.3 is 0 Å². The molecule has 0 radical (unpaired) electrons. The lowest BCUT2D eigenvalue weighted by molar-refractivity contribution is -0.320. The zero-order valence-electron chi connectivity index (χ0n) is 21.1. The molecule has 10 nitrogen and oxygen atoms in total. The van der Waals surface area contributed by atoms with Crippen molar-refractivity contribution < 1.29 is 50.3 Å². The third-order valence-corrected chi connectivity index (χ3v) is 7.69. The van der Waals surface area contributed by atoms with Crippen molar-refractivity contribution in [3.63, 3.8) is 0 Å². The predicted octanol–water partition coefficient (Wildman–Crippen LogP) is 0.247. The van der Waals surface area contributed by atoms with E-state index in [0.717, 1.165) is 31.0 Å². The Morgan fingerprint density at radius 3 is 1.97 bits per heavy atom. The Balaban J connectivity index is 2.52. The van der Waals surface area contributed by atoms with E-state index in [0.29, 0.717) is 0 Å². The first-order chi connectivity index (χ1) is 16.7. The second kappa shape index (κ2) is 18.2. The number of rotatable bonds is 19. The molecule has 0 amide bonds. The van der Waals surface area contributed by atoms with Crippen LogP contribution in [0.5, 0.6) is 0 Å². The molecule has 8 N–H and O–H groups in total. The van der Waals surface area contributed by atoms with Gasteiger partial charge in [0, 0.05) is 11.9 Å². The molecule has 0 aromatic carbocycles. The van der Waals surface area contributed by atoms with Crippen molar-refractivity contribution in [2.75, 3.05) is 13.2 Å². The van der Waals surface area contributed by atoms with E-state index in [1.165, 1.54) is 38.5 Å². The van der Waals surface area contributed by atoms with Crippen molar-refractivity contribution in [1.82, 2.24) is 0 Å². The fourth-order valence-electron chi connectivity index (χ4n) is 4.14. The molecule has 1 fully saturated rings. The van der Waals surface area contributed by atoms with Crippen LogP contribution < -0.4 is 0 Å². The SMILES string of the molecule is CCCCCCCCCCC(C)SC(O)C(O)C(O)C(CCO)OC1OC(CO)C(O)C(O)C1O. The minimum atomic E-state index is -1.69. The van der Waals surface area contributed by atoms with E-state index in [2.05, 4.69) is 6.92 Å². The molecule has 1 rings (SSSR count). The van der Waals surface area contributed by atoms with Gasteiger partial charge in [-0.3, -0.25) is 0 Å². The van der Waals surface area contributed by atoms with Gasteiger partial charge in [0.1, 0.15) is 42.1 Å². The van der Waals surface area contributed by atoms with Crippen LogP contribution in [-0.2, 0) is 9.47 Å². The van der Waals surface area contributed by atoms with Crippen LogP contribution >= 0.6 is 11.8 Å². The van der Waals surface area contributed by atoms with Crippen LogP contribution in [0.15, 0.2) is 0 Å². The van der Waals surface area contributed by atoms with Crippen molar-refractivity contribution >= 4 is 11.8 Å². The number of thioether (sulfide) groups is 1. The van der Waals surface area contributed by atoms with Crippen LogP contribution in [0.4, 0.5) is 0 Å². The van der Waals surface area contributed by atoms with E-state index in [1.807, 2.05) is 6.92 Å². The maximum Gasteiger partial charge on any atom is 0.187 e. The summed E-state index contributed by atoms with van der Waals surface area (Å²) in [4.78, 5) is 0. The Kier molecular flexibility index (Phi) is 17.2. The normalized spacial score (nSPS) is 29.5. The smallest absolute Gasteiger partial charge is 0.187 e. The van der Waals surface area contributed by atoms with E-state index in [9.17, 15) is 40.9 Å². The molecule has 0 aromatic rings. The molecule has 1 aliphatic heterocycles. The van der Waals surface area contributed by atoms with Gasteiger partial charge in [0.05, 0.1) is 12.7 Å². The Bertz CT molecular complexity index is 529. The summed E-state index contributed by atoms with van der Waals surface area (Å²) in [5.74, 6) is 0. The average Bonchev–Trinajstić information content (AvgIpc) is 2.84. The number of aliphatic hydroxyl groups is 8. The standard InChI is InChI=1S/C24H48O10S/c1-3-4-5-6-7-8-9-10-11-15(2)35-23(32)21(30)18(27)16(12-13-25)33-24-22(31)20(29)19(28)17(14-26)34-24/h15-32H,3-14H2,1-2H3. The molecule has 0 bridgehead atoms. The zero-order chi connectivity index (χ0) is 26.4. The molecule has 1 saturated heterocycles. The first-order valence-corrected chi connectivity index (χ1v) is 13.9. The lowest BCUT2D eigenvalue weighted by Gasteiger charge is -2.41. The summed E-state index contributed by atoms with van der Waals surface area (Å²) >= 11 is 1.14. The third-order valence-electron chi connectivity index (χ3n) is 6.43. The van der Waals surface area contributed by atoms with Crippen molar-refractivity contribution in [1.29, 1.82) is 0 Å². The number of hydrogen-bond donors (Lipinski definition) is 8. The third kappa shape index (κ3) is 11.5. The van der Waals surface area contributed by atoms with Crippen molar-refractivity contribution in [2.45, 2.75) is 138 Å². The molecule has 1 heterocycles. The first kappa shape index (κ1) is 33.0. The van der Waals surface area contributed by atoms with Crippen molar-refractivity contribution in [3.8, 4) is 0 Å². The highest BCUT2D eigenvalue weighted by Crippen LogP contribution is 2.28. The van der Waals surface area contributed by atoms with Gasteiger partial charge in [-0.15, -0.1) is 11.8 Å². The van der Waals surface area contributed by atoms with E-state index in [1.54, 1.807) is 0 Å². The largest absolute Gasteiger partial charge is 0.396 e. The average molecular weight is 529 g/mol. The lowest BCUT2D eigenvalue weighted by Crippen LogP contribution is -2.60. The summed E-state index contributed by atoms with van der Waals surface area (Å²) in [7, 11) is 0. The van der Waals surface area contributed by atoms with E-state index < -0.39 is 67.7 Å². The molecular weight excluding hydrogens is 480 g/mol. The highest BCUT2D eigenvalue weighted by atomic mass is 32.2. The van der Waals surface area contributed by atoms with Crippen molar-refractivity contribution in [3.05, 3.63) is 0 Å². The molecule has 0 aromatic heterocycles. The molecule has 35 heavy (non-hydrogen) atoms. The number of aliphatic hydroxyl groups excluding tert-OH is 8. The summed E-state index contributed by atoms with van der Waals surface area (Å²) < 4.78 is 10.8. The summed E-state index contributed by atoms with van der Waals surface area (Å²) in [6.45, 7) is 3.07. The quantitative estimate of drug-likeness (QED) is 0.0850. The van der Waals surface area contributed by atoms with E-state index in [-0.39, 0.29) is 11.7 Å². The predicted molar refractivity (Wildman–Crippen MR) is 133 cm³/mol. The lowest BCUT2D eigenvalue weighted by atomic mass is 9.99. The van der Waals surface area contributed by atoms with Crippen LogP contribution in [0.2, 0.25) is 0 Å². The molecule has 0 aliphatic carbocycles. The van der Waals surface area contributed by atoms with Gasteiger partial charge in [-0.1, -0.05) is 65.2 Å². The van der Waals surface area contributed by atoms with Gasteiger partial charge in [0.25, 0.3) is 0 Å².